The van der Waals surface area contributed by atoms with Gasteiger partial charge in [0.2, 0.25) is 0 Å². The first-order valence-corrected chi connectivity index (χ1v) is 10.6. The van der Waals surface area contributed by atoms with Gasteiger partial charge in [-0.1, -0.05) is 12.1 Å². The Kier molecular flexibility index (Phi) is 6.45. The Balaban J connectivity index is 1.49. The second-order valence-electron chi connectivity index (χ2n) is 8.04. The van der Waals surface area contributed by atoms with Crippen molar-refractivity contribution in [2.45, 2.75) is 37.5 Å². The molecule has 10 heteroatoms. The van der Waals surface area contributed by atoms with E-state index in [4.69, 9.17) is 14.6 Å². The number of amides is 3. The quantitative estimate of drug-likeness (QED) is 0.649. The number of nitrogens with zero attached hydrogens (tertiary/aromatic N) is 1. The average molecular weight is 457 g/mol. The summed E-state index contributed by atoms with van der Waals surface area (Å²) in [6.07, 6.45) is 0.146. The van der Waals surface area contributed by atoms with Crippen LogP contribution >= 0.6 is 0 Å². The van der Waals surface area contributed by atoms with Crippen molar-refractivity contribution in [3.05, 3.63) is 53.8 Å². The van der Waals surface area contributed by atoms with Crippen LogP contribution in [0, 0.1) is 5.82 Å². The normalized spacial score (nSPS) is 22.2. The zero-order valence-corrected chi connectivity index (χ0v) is 17.9. The molecule has 174 valence electrons. The maximum absolute atomic E-state index is 13.8. The number of nitrogens with one attached hydrogen (secondary N) is 2. The van der Waals surface area contributed by atoms with Crippen molar-refractivity contribution in [3.8, 4) is 5.75 Å². The summed E-state index contributed by atoms with van der Waals surface area (Å²) in [6.45, 7) is 0.159. The number of benzene rings is 2. The van der Waals surface area contributed by atoms with Crippen molar-refractivity contribution in [2.24, 2.45) is 0 Å². The maximum atomic E-state index is 13.8. The molecule has 0 saturated carbocycles. The number of carboxylic acids is 1. The van der Waals surface area contributed by atoms with Crippen molar-refractivity contribution in [3.63, 3.8) is 0 Å². The summed E-state index contributed by atoms with van der Waals surface area (Å²) in [5.74, 6) is -1.47. The van der Waals surface area contributed by atoms with Crippen molar-refractivity contribution >= 4 is 29.3 Å². The van der Waals surface area contributed by atoms with Gasteiger partial charge in [-0.15, -0.1) is 0 Å². The first-order valence-electron chi connectivity index (χ1n) is 10.6. The summed E-state index contributed by atoms with van der Waals surface area (Å²) in [6, 6.07) is 9.51. The highest BCUT2D eigenvalue weighted by Gasteiger charge is 2.39. The highest BCUT2D eigenvalue weighted by Crippen LogP contribution is 2.32. The third-order valence-electron chi connectivity index (χ3n) is 5.79. The fourth-order valence-corrected chi connectivity index (χ4v) is 4.15. The van der Waals surface area contributed by atoms with E-state index in [0.29, 0.717) is 24.3 Å². The predicted octanol–water partition coefficient (Wildman–Crippen LogP) is 3.33. The Labute approximate surface area is 189 Å². The molecule has 2 heterocycles. The van der Waals surface area contributed by atoms with Gasteiger partial charge in [0.05, 0.1) is 29.8 Å². The van der Waals surface area contributed by atoms with Crippen molar-refractivity contribution in [1.29, 1.82) is 0 Å². The van der Waals surface area contributed by atoms with Crippen LogP contribution in [0.2, 0.25) is 0 Å². The monoisotopic (exact) mass is 457 g/mol. The summed E-state index contributed by atoms with van der Waals surface area (Å²) in [7, 11) is 1.67. The van der Waals surface area contributed by atoms with Crippen LogP contribution in [-0.2, 0) is 9.53 Å². The third kappa shape index (κ3) is 5.06. The topological polar surface area (TPSA) is 117 Å². The molecule has 0 bridgehead atoms. The largest absolute Gasteiger partial charge is 0.490 e. The number of para-hydroxylation sites is 1. The summed E-state index contributed by atoms with van der Waals surface area (Å²) in [4.78, 5) is 38.1. The van der Waals surface area contributed by atoms with Gasteiger partial charge in [-0.3, -0.25) is 9.59 Å². The number of halogens is 1. The van der Waals surface area contributed by atoms with Gasteiger partial charge in [-0.25, -0.2) is 9.18 Å². The molecule has 3 N–H and O–H groups in total. The van der Waals surface area contributed by atoms with E-state index in [1.54, 1.807) is 30.1 Å². The van der Waals surface area contributed by atoms with Gasteiger partial charge in [-0.05, 0) is 43.2 Å². The minimum absolute atomic E-state index is 0.0323. The van der Waals surface area contributed by atoms with E-state index in [-0.39, 0.29) is 36.2 Å². The molecule has 2 aliphatic heterocycles. The van der Waals surface area contributed by atoms with Crippen LogP contribution in [0.1, 0.15) is 29.6 Å². The predicted molar refractivity (Wildman–Crippen MR) is 117 cm³/mol. The molecule has 0 spiro atoms. The molecule has 0 aliphatic carbocycles. The highest BCUT2D eigenvalue weighted by atomic mass is 19.1. The molecular weight excluding hydrogens is 433 g/mol. The zero-order chi connectivity index (χ0) is 23.5. The van der Waals surface area contributed by atoms with E-state index in [0.717, 1.165) is 0 Å². The Bertz CT molecular complexity index is 1080. The van der Waals surface area contributed by atoms with E-state index in [9.17, 15) is 18.8 Å². The Morgan fingerprint density at radius 1 is 1.18 bits per heavy atom. The standard InChI is InChI=1S/C23H24FN3O6/c1-27-18-8-7-14(11-21(28)29)33-20(18)12-32-19-9-6-13(10-15(19)22(27)30)25-23(31)26-17-5-3-2-4-16(17)24/h2-6,9-10,14,18,20H,7-8,11-12H2,1H3,(H,28,29)(H2,25,26,31)/t14-,18+,20-/m0/s1. The number of aliphatic carboxylic acids is 1. The van der Waals surface area contributed by atoms with Crippen LogP contribution in [-0.4, -0.2) is 59.8 Å². The first kappa shape index (κ1) is 22.5. The summed E-state index contributed by atoms with van der Waals surface area (Å²) >= 11 is 0. The second kappa shape index (κ2) is 9.45. The summed E-state index contributed by atoms with van der Waals surface area (Å²) in [5, 5.41) is 14.1. The van der Waals surface area contributed by atoms with Gasteiger partial charge >= 0.3 is 12.0 Å². The van der Waals surface area contributed by atoms with E-state index >= 15 is 0 Å². The SMILES string of the molecule is CN1C(=O)c2cc(NC(=O)Nc3ccccc3F)ccc2OC[C@@H]2O[C@H](CC(=O)O)CC[C@H]21. The minimum Gasteiger partial charge on any atom is -0.490 e. The molecule has 4 rings (SSSR count). The summed E-state index contributed by atoms with van der Waals surface area (Å²) in [5.41, 5.74) is 0.642. The highest BCUT2D eigenvalue weighted by molar-refractivity contribution is 6.02. The van der Waals surface area contributed by atoms with Crippen molar-refractivity contribution < 1.29 is 33.4 Å². The number of likely N-dealkylation sites (N-methyl/N-ethyl adjacent to an activating group) is 1. The van der Waals surface area contributed by atoms with Gasteiger partial charge < -0.3 is 30.1 Å². The molecule has 33 heavy (non-hydrogen) atoms. The van der Waals surface area contributed by atoms with E-state index < -0.39 is 30.0 Å². The van der Waals surface area contributed by atoms with Gasteiger partial charge in [-0.2, -0.15) is 0 Å². The number of fused-ring (bicyclic) bond motifs is 2. The molecule has 1 saturated heterocycles. The van der Waals surface area contributed by atoms with Gasteiger partial charge in [0.1, 0.15) is 24.3 Å². The molecule has 2 aromatic rings. The Morgan fingerprint density at radius 2 is 1.97 bits per heavy atom. The molecule has 1 fully saturated rings. The van der Waals surface area contributed by atoms with Crippen LogP contribution in [0.25, 0.3) is 0 Å². The Morgan fingerprint density at radius 3 is 2.73 bits per heavy atom. The fraction of sp³-hybridized carbons (Fsp3) is 0.348. The molecule has 3 atom stereocenters. The molecule has 2 aliphatic rings. The summed E-state index contributed by atoms with van der Waals surface area (Å²) < 4.78 is 25.5. The van der Waals surface area contributed by atoms with Crippen molar-refractivity contribution in [1.82, 2.24) is 4.90 Å². The van der Waals surface area contributed by atoms with Crippen LogP contribution in [0.4, 0.5) is 20.6 Å². The van der Waals surface area contributed by atoms with Gasteiger partial charge in [0.25, 0.3) is 5.91 Å². The number of ether oxygens (including phenoxy) is 2. The molecule has 2 aromatic carbocycles. The molecule has 0 aromatic heterocycles. The van der Waals surface area contributed by atoms with Gasteiger partial charge in [0, 0.05) is 12.7 Å². The molecule has 0 unspecified atom stereocenters. The first-order chi connectivity index (χ1) is 15.8. The maximum Gasteiger partial charge on any atom is 0.323 e. The van der Waals surface area contributed by atoms with Crippen LogP contribution in [0.3, 0.4) is 0 Å². The molecular formula is C23H24FN3O6. The smallest absolute Gasteiger partial charge is 0.323 e. The van der Waals surface area contributed by atoms with Crippen LogP contribution in [0.15, 0.2) is 42.5 Å². The lowest BCUT2D eigenvalue weighted by molar-refractivity contribution is -0.148. The third-order valence-corrected chi connectivity index (χ3v) is 5.79. The number of urea groups is 1. The minimum atomic E-state index is -0.931. The van der Waals surface area contributed by atoms with Gasteiger partial charge in [0.15, 0.2) is 0 Å². The number of carbonyl (C=O) groups is 3. The number of hydrogen-bond acceptors (Lipinski definition) is 5. The van der Waals surface area contributed by atoms with Crippen LogP contribution in [0.5, 0.6) is 5.75 Å². The van der Waals surface area contributed by atoms with Crippen LogP contribution < -0.4 is 15.4 Å². The second-order valence-corrected chi connectivity index (χ2v) is 8.04. The Hall–Kier alpha value is -3.66. The van der Waals surface area contributed by atoms with E-state index in [1.807, 2.05) is 0 Å². The lowest BCUT2D eigenvalue weighted by Gasteiger charge is -2.42. The zero-order valence-electron chi connectivity index (χ0n) is 17.9. The lowest BCUT2D eigenvalue weighted by atomic mass is 9.94. The average Bonchev–Trinajstić information content (AvgIpc) is 2.78. The molecule has 3 amide bonds. The number of anilines is 2. The number of carboxylic acid groups (broad SMARTS) is 1. The number of hydrogen-bond donors (Lipinski definition) is 3. The number of rotatable bonds is 4. The number of carbonyl (C=O) groups excluding carboxylic acids is 2. The van der Waals surface area contributed by atoms with E-state index in [2.05, 4.69) is 10.6 Å². The lowest BCUT2D eigenvalue weighted by Crippen LogP contribution is -2.53. The fourth-order valence-electron chi connectivity index (χ4n) is 4.15. The molecule has 9 nitrogen and oxygen atoms in total. The van der Waals surface area contributed by atoms with E-state index in [1.165, 1.54) is 24.3 Å². The van der Waals surface area contributed by atoms with Crippen molar-refractivity contribution in [2.75, 3.05) is 24.3 Å². The molecule has 0 radical (unpaired) electrons.